The van der Waals surface area contributed by atoms with Gasteiger partial charge in [-0.15, -0.1) is 0 Å². The van der Waals surface area contributed by atoms with E-state index in [2.05, 4.69) is 43.4 Å². The van der Waals surface area contributed by atoms with Crippen molar-refractivity contribution >= 4 is 50.1 Å². The zero-order valence-electron chi connectivity index (χ0n) is 12.4. The largest absolute Gasteiger partial charge is 0.508 e. The first-order chi connectivity index (χ1) is 11.0. The van der Waals surface area contributed by atoms with Crippen LogP contribution < -0.4 is 4.90 Å². The molecular formula is C17H16BrIN2O2. The van der Waals surface area contributed by atoms with Crippen molar-refractivity contribution in [1.29, 1.82) is 0 Å². The van der Waals surface area contributed by atoms with Crippen LogP contribution in [0.4, 0.5) is 5.69 Å². The minimum atomic E-state index is 0.0843. The maximum absolute atomic E-state index is 12.7. The van der Waals surface area contributed by atoms with Crippen LogP contribution >= 0.6 is 38.5 Å². The third kappa shape index (κ3) is 3.80. The predicted octanol–water partition coefficient (Wildman–Crippen LogP) is 3.72. The fraction of sp³-hybridized carbons (Fsp3) is 0.235. The summed E-state index contributed by atoms with van der Waals surface area (Å²) in [6.07, 6.45) is 0. The van der Waals surface area contributed by atoms with Crippen LogP contribution in [0, 0.1) is 3.57 Å². The molecule has 4 nitrogen and oxygen atoms in total. The van der Waals surface area contributed by atoms with Crippen molar-refractivity contribution in [3.63, 3.8) is 0 Å². The molecule has 1 fully saturated rings. The van der Waals surface area contributed by atoms with Gasteiger partial charge in [-0.2, -0.15) is 0 Å². The predicted molar refractivity (Wildman–Crippen MR) is 103 cm³/mol. The van der Waals surface area contributed by atoms with E-state index in [1.54, 1.807) is 12.1 Å². The van der Waals surface area contributed by atoms with Crippen LogP contribution in [0.15, 0.2) is 46.9 Å². The summed E-state index contributed by atoms with van der Waals surface area (Å²) in [5.41, 5.74) is 1.82. The number of nitrogens with zero attached hydrogens (tertiary/aromatic N) is 2. The zero-order valence-corrected chi connectivity index (χ0v) is 16.1. The molecule has 0 radical (unpaired) electrons. The Morgan fingerprint density at radius 2 is 1.70 bits per heavy atom. The number of hydrogen-bond acceptors (Lipinski definition) is 3. The molecule has 23 heavy (non-hydrogen) atoms. The maximum Gasteiger partial charge on any atom is 0.255 e. The molecule has 6 heteroatoms. The van der Waals surface area contributed by atoms with Crippen molar-refractivity contribution in [2.45, 2.75) is 0 Å². The Morgan fingerprint density at radius 3 is 2.35 bits per heavy atom. The number of phenolic OH excluding ortho intramolecular Hbond substituents is 1. The quantitative estimate of drug-likeness (QED) is 0.658. The average Bonchev–Trinajstić information content (AvgIpc) is 2.57. The van der Waals surface area contributed by atoms with Crippen LogP contribution in [0.25, 0.3) is 0 Å². The van der Waals surface area contributed by atoms with Gasteiger partial charge in [0.15, 0.2) is 0 Å². The molecule has 1 N–H and O–H groups in total. The number of amides is 1. The number of benzene rings is 2. The van der Waals surface area contributed by atoms with E-state index in [0.717, 1.165) is 32.4 Å². The minimum absolute atomic E-state index is 0.0843. The summed E-state index contributed by atoms with van der Waals surface area (Å²) in [4.78, 5) is 16.8. The summed E-state index contributed by atoms with van der Waals surface area (Å²) < 4.78 is 1.89. The second-order valence-electron chi connectivity index (χ2n) is 5.42. The number of anilines is 1. The maximum atomic E-state index is 12.7. The molecule has 0 saturated carbocycles. The third-order valence-electron chi connectivity index (χ3n) is 3.94. The van der Waals surface area contributed by atoms with Gasteiger partial charge in [0.1, 0.15) is 5.75 Å². The molecule has 0 unspecified atom stereocenters. The average molecular weight is 487 g/mol. The number of carbonyl (C=O) groups excluding carboxylic acids is 1. The van der Waals surface area contributed by atoms with Crippen molar-refractivity contribution in [3.05, 3.63) is 56.1 Å². The summed E-state index contributed by atoms with van der Waals surface area (Å²) in [5, 5.41) is 9.37. The van der Waals surface area contributed by atoms with E-state index in [1.165, 1.54) is 0 Å². The van der Waals surface area contributed by atoms with Crippen LogP contribution in [-0.4, -0.2) is 42.1 Å². The van der Waals surface area contributed by atoms with Gasteiger partial charge < -0.3 is 14.9 Å². The topological polar surface area (TPSA) is 43.8 Å². The Bertz CT molecular complexity index is 713. The Hall–Kier alpha value is -1.28. The lowest BCUT2D eigenvalue weighted by molar-refractivity contribution is 0.0745. The van der Waals surface area contributed by atoms with Gasteiger partial charge in [0.2, 0.25) is 0 Å². The number of aromatic hydroxyl groups is 1. The van der Waals surface area contributed by atoms with E-state index in [0.29, 0.717) is 13.1 Å². The first-order valence-electron chi connectivity index (χ1n) is 7.33. The molecule has 2 aromatic rings. The lowest BCUT2D eigenvalue weighted by Crippen LogP contribution is -2.49. The molecule has 2 aromatic carbocycles. The molecule has 1 heterocycles. The number of piperazine rings is 1. The molecular weight excluding hydrogens is 471 g/mol. The van der Waals surface area contributed by atoms with Crippen LogP contribution in [0.3, 0.4) is 0 Å². The fourth-order valence-corrected chi connectivity index (χ4v) is 3.59. The molecule has 1 amide bonds. The Labute approximate surface area is 157 Å². The number of carbonyl (C=O) groups is 1. The van der Waals surface area contributed by atoms with Gasteiger partial charge in [-0.3, -0.25) is 4.79 Å². The lowest BCUT2D eigenvalue weighted by Gasteiger charge is -2.36. The summed E-state index contributed by atoms with van der Waals surface area (Å²) in [6.45, 7) is 2.98. The Kier molecular flexibility index (Phi) is 5.11. The first-order valence-corrected chi connectivity index (χ1v) is 9.20. The van der Waals surface area contributed by atoms with Crippen LogP contribution in [0.5, 0.6) is 5.75 Å². The summed E-state index contributed by atoms with van der Waals surface area (Å²) in [6, 6.07) is 13.0. The fourth-order valence-electron chi connectivity index (χ4n) is 2.66. The van der Waals surface area contributed by atoms with Gasteiger partial charge in [-0.1, -0.05) is 15.9 Å². The van der Waals surface area contributed by atoms with Crippen molar-refractivity contribution in [2.24, 2.45) is 0 Å². The zero-order chi connectivity index (χ0) is 16.4. The van der Waals surface area contributed by atoms with Crippen molar-refractivity contribution < 1.29 is 9.90 Å². The summed E-state index contributed by atoms with van der Waals surface area (Å²) in [7, 11) is 0. The van der Waals surface area contributed by atoms with Crippen molar-refractivity contribution in [1.82, 2.24) is 4.90 Å². The molecule has 120 valence electrons. The van der Waals surface area contributed by atoms with Gasteiger partial charge >= 0.3 is 0 Å². The van der Waals surface area contributed by atoms with Crippen LogP contribution in [-0.2, 0) is 0 Å². The molecule has 0 bridgehead atoms. The standard InChI is InChI=1S/C17H16BrIN2O2/c18-12-1-6-16(19)15(11-12)17(23)21-9-7-20(8-10-21)13-2-4-14(22)5-3-13/h1-6,11,22H,7-10H2. The highest BCUT2D eigenvalue weighted by atomic mass is 127. The third-order valence-corrected chi connectivity index (χ3v) is 5.37. The molecule has 0 aromatic heterocycles. The van der Waals surface area contributed by atoms with E-state index in [4.69, 9.17) is 0 Å². The SMILES string of the molecule is O=C(c1cc(Br)ccc1I)N1CCN(c2ccc(O)cc2)CC1. The lowest BCUT2D eigenvalue weighted by atomic mass is 10.1. The number of rotatable bonds is 2. The Balaban J connectivity index is 1.67. The van der Waals surface area contributed by atoms with Gasteiger partial charge in [-0.05, 0) is 65.1 Å². The normalized spacial score (nSPS) is 14.9. The number of hydrogen-bond donors (Lipinski definition) is 1. The Morgan fingerprint density at radius 1 is 1.04 bits per heavy atom. The highest BCUT2D eigenvalue weighted by molar-refractivity contribution is 14.1. The second kappa shape index (κ2) is 7.09. The van der Waals surface area contributed by atoms with E-state index in [-0.39, 0.29) is 11.7 Å². The monoisotopic (exact) mass is 486 g/mol. The number of phenols is 1. The highest BCUT2D eigenvalue weighted by Gasteiger charge is 2.23. The highest BCUT2D eigenvalue weighted by Crippen LogP contribution is 2.23. The van der Waals surface area contributed by atoms with Gasteiger partial charge in [-0.25, -0.2) is 0 Å². The smallest absolute Gasteiger partial charge is 0.255 e. The summed E-state index contributed by atoms with van der Waals surface area (Å²) >= 11 is 5.63. The van der Waals surface area contributed by atoms with Gasteiger partial charge in [0, 0.05) is 39.9 Å². The van der Waals surface area contributed by atoms with E-state index >= 15 is 0 Å². The van der Waals surface area contributed by atoms with E-state index in [9.17, 15) is 9.90 Å². The van der Waals surface area contributed by atoms with E-state index < -0.39 is 0 Å². The second-order valence-corrected chi connectivity index (χ2v) is 7.50. The first kappa shape index (κ1) is 16.6. The number of halogens is 2. The molecule has 0 aliphatic carbocycles. The minimum Gasteiger partial charge on any atom is -0.508 e. The van der Waals surface area contributed by atoms with Gasteiger partial charge in [0.25, 0.3) is 5.91 Å². The molecule has 0 spiro atoms. The van der Waals surface area contributed by atoms with Crippen molar-refractivity contribution in [3.8, 4) is 5.75 Å². The summed E-state index contributed by atoms with van der Waals surface area (Å²) in [5.74, 6) is 0.354. The van der Waals surface area contributed by atoms with Gasteiger partial charge in [0.05, 0.1) is 5.56 Å². The van der Waals surface area contributed by atoms with Crippen LogP contribution in [0.2, 0.25) is 0 Å². The molecule has 1 saturated heterocycles. The molecule has 1 aliphatic heterocycles. The molecule has 1 aliphatic rings. The van der Waals surface area contributed by atoms with Crippen LogP contribution in [0.1, 0.15) is 10.4 Å². The van der Waals surface area contributed by atoms with Crippen molar-refractivity contribution in [2.75, 3.05) is 31.1 Å². The molecule has 0 atom stereocenters. The van der Waals surface area contributed by atoms with E-state index in [1.807, 2.05) is 35.2 Å². The molecule has 3 rings (SSSR count).